The average molecular weight is 340 g/mol. The standard InChI is InChI=1S/C16H12N4O3S/c1-24(21,22)10-3-4-13-11(7-10)16(17)12(8-18-13)9-2-5-15-14(6-9)19-20-23-15/h2-8H,1H3,(H2,17,18). The highest BCUT2D eigenvalue weighted by atomic mass is 32.2. The van der Waals surface area contributed by atoms with E-state index in [1.807, 2.05) is 6.07 Å². The Hall–Kier alpha value is -3.00. The maximum absolute atomic E-state index is 11.8. The van der Waals surface area contributed by atoms with E-state index in [0.717, 1.165) is 11.8 Å². The molecular weight excluding hydrogens is 328 g/mol. The van der Waals surface area contributed by atoms with Crippen molar-refractivity contribution in [3.05, 3.63) is 42.6 Å². The van der Waals surface area contributed by atoms with Crippen molar-refractivity contribution in [2.45, 2.75) is 4.90 Å². The Morgan fingerprint density at radius 1 is 1.08 bits per heavy atom. The van der Waals surface area contributed by atoms with Gasteiger partial charge in [0.05, 0.1) is 16.1 Å². The number of fused-ring (bicyclic) bond motifs is 2. The molecule has 24 heavy (non-hydrogen) atoms. The summed E-state index contributed by atoms with van der Waals surface area (Å²) >= 11 is 0. The van der Waals surface area contributed by atoms with Crippen molar-refractivity contribution in [2.75, 3.05) is 12.0 Å². The largest absolute Gasteiger partial charge is 0.398 e. The van der Waals surface area contributed by atoms with E-state index in [2.05, 4.69) is 15.4 Å². The van der Waals surface area contributed by atoms with Gasteiger partial charge in [-0.15, -0.1) is 5.10 Å². The van der Waals surface area contributed by atoms with Gasteiger partial charge < -0.3 is 10.3 Å². The maximum Gasteiger partial charge on any atom is 0.187 e. The van der Waals surface area contributed by atoms with Crippen LogP contribution < -0.4 is 5.73 Å². The van der Waals surface area contributed by atoms with Crippen LogP contribution in [0, 0.1) is 0 Å². The lowest BCUT2D eigenvalue weighted by molar-refractivity contribution is 0.424. The van der Waals surface area contributed by atoms with Crippen molar-refractivity contribution in [2.24, 2.45) is 0 Å². The van der Waals surface area contributed by atoms with Crippen LogP contribution in [0.25, 0.3) is 33.1 Å². The van der Waals surface area contributed by atoms with Gasteiger partial charge in [-0.25, -0.2) is 8.42 Å². The maximum atomic E-state index is 11.8. The zero-order valence-electron chi connectivity index (χ0n) is 12.6. The lowest BCUT2D eigenvalue weighted by Crippen LogP contribution is -1.99. The Labute approximate surface area is 137 Å². The van der Waals surface area contributed by atoms with E-state index in [1.54, 1.807) is 30.5 Å². The molecule has 0 unspecified atom stereocenters. The number of aromatic nitrogens is 3. The molecule has 8 heteroatoms. The minimum absolute atomic E-state index is 0.205. The van der Waals surface area contributed by atoms with Crippen molar-refractivity contribution < 1.29 is 12.9 Å². The fourth-order valence-corrected chi connectivity index (χ4v) is 3.25. The van der Waals surface area contributed by atoms with E-state index in [9.17, 15) is 8.42 Å². The second kappa shape index (κ2) is 5.00. The number of anilines is 1. The zero-order valence-corrected chi connectivity index (χ0v) is 13.4. The summed E-state index contributed by atoms with van der Waals surface area (Å²) in [5.74, 6) is 0. The van der Waals surface area contributed by atoms with Crippen LogP contribution in [0.15, 0.2) is 52.0 Å². The average Bonchev–Trinajstić information content (AvgIpc) is 3.01. The number of rotatable bonds is 2. The molecule has 4 rings (SSSR count). The molecule has 2 aromatic heterocycles. The van der Waals surface area contributed by atoms with Crippen molar-refractivity contribution in [1.29, 1.82) is 0 Å². The van der Waals surface area contributed by atoms with Crippen LogP contribution in [-0.4, -0.2) is 30.0 Å². The summed E-state index contributed by atoms with van der Waals surface area (Å²) in [6.45, 7) is 0. The first-order valence-electron chi connectivity index (χ1n) is 7.04. The van der Waals surface area contributed by atoms with E-state index in [0.29, 0.717) is 33.3 Å². The number of benzene rings is 2. The second-order valence-corrected chi connectivity index (χ2v) is 7.51. The molecule has 0 spiro atoms. The molecule has 0 aliphatic carbocycles. The third-order valence-corrected chi connectivity index (χ3v) is 4.98. The van der Waals surface area contributed by atoms with E-state index < -0.39 is 9.84 Å². The second-order valence-electron chi connectivity index (χ2n) is 5.49. The third-order valence-electron chi connectivity index (χ3n) is 3.87. The molecule has 2 aromatic carbocycles. The summed E-state index contributed by atoms with van der Waals surface area (Å²) in [5.41, 5.74) is 10.1. The first kappa shape index (κ1) is 14.6. The number of nitrogens with zero attached hydrogens (tertiary/aromatic N) is 3. The summed E-state index contributed by atoms with van der Waals surface area (Å²) in [6.07, 6.45) is 2.82. The predicted octanol–water partition coefficient (Wildman–Crippen LogP) is 2.42. The molecule has 0 bridgehead atoms. The van der Waals surface area contributed by atoms with Gasteiger partial charge in [0.25, 0.3) is 0 Å². The van der Waals surface area contributed by atoms with Gasteiger partial charge in [0.2, 0.25) is 0 Å². The lowest BCUT2D eigenvalue weighted by Gasteiger charge is -2.10. The van der Waals surface area contributed by atoms with Crippen LogP contribution in [0.3, 0.4) is 0 Å². The predicted molar refractivity (Wildman–Crippen MR) is 90.1 cm³/mol. The van der Waals surface area contributed by atoms with Crippen LogP contribution in [0.4, 0.5) is 5.69 Å². The third kappa shape index (κ3) is 2.28. The first-order valence-corrected chi connectivity index (χ1v) is 8.93. The van der Waals surface area contributed by atoms with Crippen LogP contribution in [0.1, 0.15) is 0 Å². The number of sulfone groups is 1. The van der Waals surface area contributed by atoms with Crippen LogP contribution in [0.2, 0.25) is 0 Å². The molecule has 2 N–H and O–H groups in total. The van der Waals surface area contributed by atoms with Crippen LogP contribution in [0.5, 0.6) is 0 Å². The topological polar surface area (TPSA) is 112 Å². The molecule has 0 radical (unpaired) electrons. The SMILES string of the molecule is CS(=O)(=O)c1ccc2ncc(-c3ccc4onnc4c3)c(N)c2c1. The van der Waals surface area contributed by atoms with Crippen LogP contribution in [-0.2, 0) is 9.84 Å². The summed E-state index contributed by atoms with van der Waals surface area (Å²) in [7, 11) is -3.32. The lowest BCUT2D eigenvalue weighted by atomic mass is 10.0. The van der Waals surface area contributed by atoms with E-state index in [-0.39, 0.29) is 4.90 Å². The first-order chi connectivity index (χ1) is 11.4. The van der Waals surface area contributed by atoms with Gasteiger partial charge in [0.15, 0.2) is 15.4 Å². The minimum Gasteiger partial charge on any atom is -0.398 e. The van der Waals surface area contributed by atoms with Gasteiger partial charge >= 0.3 is 0 Å². The van der Waals surface area contributed by atoms with Gasteiger partial charge in [-0.1, -0.05) is 6.07 Å². The van der Waals surface area contributed by atoms with Crippen molar-refractivity contribution in [1.82, 2.24) is 15.4 Å². The molecule has 0 saturated carbocycles. The molecule has 2 heterocycles. The zero-order chi connectivity index (χ0) is 16.9. The quantitative estimate of drug-likeness (QED) is 0.596. The van der Waals surface area contributed by atoms with Crippen LogP contribution >= 0.6 is 0 Å². The Bertz CT molecular complexity index is 1200. The van der Waals surface area contributed by atoms with Crippen molar-refractivity contribution in [3.63, 3.8) is 0 Å². The summed E-state index contributed by atoms with van der Waals surface area (Å²) in [4.78, 5) is 4.58. The molecule has 4 aromatic rings. The van der Waals surface area contributed by atoms with Gasteiger partial charge in [-0.2, -0.15) is 0 Å². The van der Waals surface area contributed by atoms with E-state index in [1.165, 1.54) is 6.07 Å². The molecule has 0 amide bonds. The molecular formula is C16H12N4O3S. The van der Waals surface area contributed by atoms with Gasteiger partial charge in [-0.3, -0.25) is 4.98 Å². The molecule has 0 fully saturated rings. The normalized spacial score (nSPS) is 12.0. The highest BCUT2D eigenvalue weighted by Gasteiger charge is 2.13. The summed E-state index contributed by atoms with van der Waals surface area (Å²) in [6, 6.07) is 10.1. The Morgan fingerprint density at radius 3 is 2.71 bits per heavy atom. The molecule has 0 saturated heterocycles. The highest BCUT2D eigenvalue weighted by molar-refractivity contribution is 7.90. The monoisotopic (exact) mass is 340 g/mol. The number of nitrogens with two attached hydrogens (primary N) is 1. The van der Waals surface area contributed by atoms with Gasteiger partial charge in [0, 0.05) is 28.7 Å². The van der Waals surface area contributed by atoms with E-state index in [4.69, 9.17) is 10.3 Å². The number of nitrogen functional groups attached to an aromatic ring is 1. The Balaban J connectivity index is 1.97. The molecule has 0 aliphatic heterocycles. The molecule has 7 nitrogen and oxygen atoms in total. The summed E-state index contributed by atoms with van der Waals surface area (Å²) < 4.78 is 28.5. The van der Waals surface area contributed by atoms with E-state index >= 15 is 0 Å². The van der Waals surface area contributed by atoms with Gasteiger partial charge in [-0.05, 0) is 35.9 Å². The fraction of sp³-hybridized carbons (Fsp3) is 0.0625. The Morgan fingerprint density at radius 2 is 1.92 bits per heavy atom. The number of hydrogen-bond acceptors (Lipinski definition) is 7. The minimum atomic E-state index is -3.32. The highest BCUT2D eigenvalue weighted by Crippen LogP contribution is 2.33. The van der Waals surface area contributed by atoms with Crippen molar-refractivity contribution >= 4 is 37.5 Å². The Kier molecular flexibility index (Phi) is 3.04. The van der Waals surface area contributed by atoms with Crippen molar-refractivity contribution in [3.8, 4) is 11.1 Å². The molecule has 0 aliphatic rings. The van der Waals surface area contributed by atoms with Gasteiger partial charge in [0.1, 0.15) is 5.52 Å². The summed E-state index contributed by atoms with van der Waals surface area (Å²) in [5, 5.41) is 7.99. The fourth-order valence-electron chi connectivity index (χ4n) is 2.60. The number of pyridine rings is 1. The molecule has 0 atom stereocenters. The molecule has 120 valence electrons. The smallest absolute Gasteiger partial charge is 0.187 e. The number of hydrogen-bond donors (Lipinski definition) is 1.